The Morgan fingerprint density at radius 2 is 1.75 bits per heavy atom. The van der Waals surface area contributed by atoms with E-state index in [0.29, 0.717) is 17.3 Å². The molecule has 0 spiro atoms. The molecule has 0 amide bonds. The van der Waals surface area contributed by atoms with E-state index in [9.17, 15) is 4.79 Å². The van der Waals surface area contributed by atoms with Crippen LogP contribution in [-0.2, 0) is 4.74 Å². The molecule has 1 aliphatic heterocycles. The molecule has 182 valence electrons. The molecule has 1 N–H and O–H groups in total. The number of pyridine rings is 1. The number of hydrogen-bond donors (Lipinski definition) is 1. The fourth-order valence-electron chi connectivity index (χ4n) is 4.55. The fourth-order valence-corrected chi connectivity index (χ4v) is 4.90. The summed E-state index contributed by atoms with van der Waals surface area (Å²) in [4.78, 5) is 18.7. The first kappa shape index (κ1) is 23.6. The van der Waals surface area contributed by atoms with E-state index >= 15 is 0 Å². The average Bonchev–Trinajstić information content (AvgIpc) is 3.54. The summed E-state index contributed by atoms with van der Waals surface area (Å²) in [6.45, 7) is 2.57. The molecule has 3 heterocycles. The third-order valence-electron chi connectivity index (χ3n) is 6.17. The molecule has 36 heavy (non-hydrogen) atoms. The quantitative estimate of drug-likeness (QED) is 0.276. The Kier molecular flexibility index (Phi) is 6.69. The Balaban J connectivity index is 1.59. The number of nitrogens with zero attached hydrogens (tertiary/aromatic N) is 3. The van der Waals surface area contributed by atoms with E-state index in [-0.39, 0.29) is 18.1 Å². The highest BCUT2D eigenvalue weighted by atomic mass is 32.1. The van der Waals surface area contributed by atoms with Crippen molar-refractivity contribution in [2.45, 2.75) is 19.0 Å². The number of hydrogen-bond acceptors (Lipinski definition) is 5. The molecule has 2 atom stereocenters. The zero-order valence-electron chi connectivity index (χ0n) is 20.0. The summed E-state index contributed by atoms with van der Waals surface area (Å²) >= 11 is 5.85. The number of ether oxygens (including phenoxy) is 2. The van der Waals surface area contributed by atoms with Gasteiger partial charge in [-0.25, -0.2) is 4.79 Å². The smallest absolute Gasteiger partial charge is 0.337 e. The van der Waals surface area contributed by atoms with Crippen LogP contribution >= 0.6 is 12.2 Å². The standard InChI is InChI=1S/C28H26N4O3S/c1-3-35-22-15-13-21(14-16-22)32-26(25(30-28(32)36)23-7-4-5-17-29-23)24-8-6-18-31(24)20-11-9-19(10-12-20)27(33)34-2/h4-18,25-26H,3H2,1-2H3,(H,30,36)/t25-,26+/m0/s1. The van der Waals surface area contributed by atoms with Crippen molar-refractivity contribution in [3.63, 3.8) is 0 Å². The molecule has 8 heteroatoms. The Labute approximate surface area is 215 Å². The molecule has 0 radical (unpaired) electrons. The summed E-state index contributed by atoms with van der Waals surface area (Å²) in [5, 5.41) is 4.12. The molecule has 1 saturated heterocycles. The van der Waals surface area contributed by atoms with E-state index in [1.165, 1.54) is 7.11 Å². The second kappa shape index (κ2) is 10.2. The lowest BCUT2D eigenvalue weighted by Gasteiger charge is -2.29. The third kappa shape index (κ3) is 4.43. The van der Waals surface area contributed by atoms with Crippen molar-refractivity contribution in [3.8, 4) is 11.4 Å². The number of nitrogens with one attached hydrogen (secondary N) is 1. The summed E-state index contributed by atoms with van der Waals surface area (Å²) in [5.74, 6) is 0.447. The number of anilines is 1. The van der Waals surface area contributed by atoms with Gasteiger partial charge in [0.25, 0.3) is 0 Å². The third-order valence-corrected chi connectivity index (χ3v) is 6.49. The van der Waals surface area contributed by atoms with E-state index < -0.39 is 0 Å². The van der Waals surface area contributed by atoms with Gasteiger partial charge in [0.05, 0.1) is 31.0 Å². The number of esters is 1. The summed E-state index contributed by atoms with van der Waals surface area (Å²) in [6.07, 6.45) is 3.80. The minimum atomic E-state index is -0.364. The van der Waals surface area contributed by atoms with Crippen LogP contribution in [0.5, 0.6) is 5.75 Å². The number of thiocarbonyl (C=S) groups is 1. The van der Waals surface area contributed by atoms with Crippen LogP contribution in [0.15, 0.2) is 91.3 Å². The Hall–Kier alpha value is -4.17. The number of benzene rings is 2. The normalized spacial score (nSPS) is 17.1. The largest absolute Gasteiger partial charge is 0.494 e. The number of carbonyl (C=O) groups is 1. The lowest BCUT2D eigenvalue weighted by atomic mass is 10.0. The first-order valence-corrected chi connectivity index (χ1v) is 12.1. The van der Waals surface area contributed by atoms with E-state index in [0.717, 1.165) is 28.5 Å². The van der Waals surface area contributed by atoms with Crippen LogP contribution in [0.4, 0.5) is 5.69 Å². The predicted octanol–water partition coefficient (Wildman–Crippen LogP) is 5.23. The monoisotopic (exact) mass is 498 g/mol. The van der Waals surface area contributed by atoms with Gasteiger partial charge in [-0.05, 0) is 91.9 Å². The van der Waals surface area contributed by atoms with Gasteiger partial charge in [0.1, 0.15) is 11.8 Å². The van der Waals surface area contributed by atoms with Crippen molar-refractivity contribution < 1.29 is 14.3 Å². The van der Waals surface area contributed by atoms with Crippen LogP contribution in [0, 0.1) is 0 Å². The van der Waals surface area contributed by atoms with Gasteiger partial charge in [0.15, 0.2) is 5.11 Å². The van der Waals surface area contributed by atoms with Crippen LogP contribution in [0.2, 0.25) is 0 Å². The van der Waals surface area contributed by atoms with Gasteiger partial charge in [0.2, 0.25) is 0 Å². The highest BCUT2D eigenvalue weighted by Gasteiger charge is 2.42. The van der Waals surface area contributed by atoms with E-state index in [1.807, 2.05) is 73.8 Å². The van der Waals surface area contributed by atoms with Crippen molar-refractivity contribution in [2.75, 3.05) is 18.6 Å². The fraction of sp³-hybridized carbons (Fsp3) is 0.179. The zero-order valence-corrected chi connectivity index (χ0v) is 20.8. The molecule has 0 bridgehead atoms. The van der Waals surface area contributed by atoms with Crippen LogP contribution < -0.4 is 15.0 Å². The molecule has 7 nitrogen and oxygen atoms in total. The topological polar surface area (TPSA) is 68.6 Å². The van der Waals surface area contributed by atoms with Gasteiger partial charge in [-0.15, -0.1) is 0 Å². The van der Waals surface area contributed by atoms with Crippen molar-refractivity contribution in [1.29, 1.82) is 0 Å². The first-order valence-electron chi connectivity index (χ1n) is 11.7. The molecular formula is C28H26N4O3S. The average molecular weight is 499 g/mol. The second-order valence-electron chi connectivity index (χ2n) is 8.27. The lowest BCUT2D eigenvalue weighted by molar-refractivity contribution is 0.0600. The van der Waals surface area contributed by atoms with Gasteiger partial charge in [-0.3, -0.25) is 4.98 Å². The van der Waals surface area contributed by atoms with Crippen molar-refractivity contribution >= 4 is 29.0 Å². The molecule has 0 aliphatic carbocycles. The molecule has 1 aliphatic rings. The van der Waals surface area contributed by atoms with E-state index in [4.69, 9.17) is 21.7 Å². The molecular weight excluding hydrogens is 472 g/mol. The number of methoxy groups -OCH3 is 1. The van der Waals surface area contributed by atoms with Crippen LogP contribution in [0.3, 0.4) is 0 Å². The Morgan fingerprint density at radius 3 is 2.42 bits per heavy atom. The van der Waals surface area contributed by atoms with Gasteiger partial charge >= 0.3 is 5.97 Å². The summed E-state index contributed by atoms with van der Waals surface area (Å²) in [5.41, 5.74) is 4.30. The number of carbonyl (C=O) groups excluding carboxylic acids is 1. The minimum absolute atomic E-state index is 0.173. The van der Waals surface area contributed by atoms with Gasteiger partial charge in [0, 0.05) is 29.5 Å². The maximum Gasteiger partial charge on any atom is 0.337 e. The zero-order chi connectivity index (χ0) is 25.1. The molecule has 5 rings (SSSR count). The highest BCUT2D eigenvalue weighted by Crippen LogP contribution is 2.42. The van der Waals surface area contributed by atoms with Crippen LogP contribution in [-0.4, -0.2) is 34.3 Å². The molecule has 0 unspecified atom stereocenters. The van der Waals surface area contributed by atoms with Gasteiger partial charge in [-0.2, -0.15) is 0 Å². The van der Waals surface area contributed by atoms with E-state index in [1.54, 1.807) is 18.3 Å². The minimum Gasteiger partial charge on any atom is -0.494 e. The van der Waals surface area contributed by atoms with E-state index in [2.05, 4.69) is 25.8 Å². The lowest BCUT2D eigenvalue weighted by Crippen LogP contribution is -2.30. The number of rotatable bonds is 7. The van der Waals surface area contributed by atoms with Crippen LogP contribution in [0.1, 0.15) is 40.8 Å². The summed E-state index contributed by atoms with van der Waals surface area (Å²) in [6, 6.07) is 24.9. The molecule has 4 aromatic rings. The number of aromatic nitrogens is 2. The van der Waals surface area contributed by atoms with Crippen molar-refractivity contribution in [1.82, 2.24) is 14.9 Å². The van der Waals surface area contributed by atoms with Crippen molar-refractivity contribution in [2.24, 2.45) is 0 Å². The van der Waals surface area contributed by atoms with Gasteiger partial charge in [-0.1, -0.05) is 6.07 Å². The summed E-state index contributed by atoms with van der Waals surface area (Å²) in [7, 11) is 1.38. The second-order valence-corrected chi connectivity index (χ2v) is 8.65. The molecule has 1 fully saturated rings. The van der Waals surface area contributed by atoms with Crippen molar-refractivity contribution in [3.05, 3.63) is 108 Å². The molecule has 2 aromatic heterocycles. The highest BCUT2D eigenvalue weighted by molar-refractivity contribution is 7.80. The predicted molar refractivity (Wildman–Crippen MR) is 143 cm³/mol. The summed E-state index contributed by atoms with van der Waals surface area (Å²) < 4.78 is 12.6. The SMILES string of the molecule is CCOc1ccc(N2C(=S)N[C@@H](c3ccccn3)[C@H]2c2cccn2-c2ccc(C(=O)OC)cc2)cc1. The maximum absolute atomic E-state index is 11.9. The maximum atomic E-state index is 11.9. The first-order chi connectivity index (χ1) is 17.6. The van der Waals surface area contributed by atoms with Crippen LogP contribution in [0.25, 0.3) is 5.69 Å². The Bertz CT molecular complexity index is 1350. The van der Waals surface area contributed by atoms with Gasteiger partial charge < -0.3 is 24.3 Å². The molecule has 2 aromatic carbocycles. The molecule has 0 saturated carbocycles. The Morgan fingerprint density at radius 1 is 1.00 bits per heavy atom.